The summed E-state index contributed by atoms with van der Waals surface area (Å²) >= 11 is 0. The molecule has 1 aliphatic carbocycles. The Hall–Kier alpha value is -2.64. The number of nitrogens with zero attached hydrogens (tertiary/aromatic N) is 2. The molecule has 2 N–H and O–H groups in total. The first-order valence-electron chi connectivity index (χ1n) is 7.43. The van der Waals surface area contributed by atoms with Gasteiger partial charge in [-0.15, -0.1) is 0 Å². The normalized spacial score (nSPS) is 15.6. The van der Waals surface area contributed by atoms with Gasteiger partial charge in [-0.25, -0.2) is 4.79 Å². The number of aromatic carboxylic acids is 1. The molecule has 1 aliphatic rings. The van der Waals surface area contributed by atoms with E-state index in [4.69, 9.17) is 14.0 Å². The Kier molecular flexibility index (Phi) is 3.89. The zero-order valence-corrected chi connectivity index (χ0v) is 12.8. The Bertz CT molecular complexity index is 729. The molecule has 1 unspecified atom stereocenters. The van der Waals surface area contributed by atoms with E-state index < -0.39 is 17.9 Å². The summed E-state index contributed by atoms with van der Waals surface area (Å²) in [6.07, 6.45) is 2.12. The highest BCUT2D eigenvalue weighted by atomic mass is 16.5. The number of amides is 1. The standard InChI is InChI=1S/C15H17N3O5/c1-7(2)11(14-17-12(18-23-14)8-3-4-8)16-13(19)9-5-6-10(22-9)15(20)21/h5-8,11H,3-4H2,1-2H3,(H,16,19)(H,20,21). The number of hydrogen-bond acceptors (Lipinski definition) is 6. The van der Waals surface area contributed by atoms with Gasteiger partial charge in [0.25, 0.3) is 5.91 Å². The van der Waals surface area contributed by atoms with Crippen LogP contribution < -0.4 is 5.32 Å². The third-order valence-electron chi connectivity index (χ3n) is 3.66. The van der Waals surface area contributed by atoms with Crippen LogP contribution in [-0.4, -0.2) is 27.1 Å². The minimum Gasteiger partial charge on any atom is -0.475 e. The van der Waals surface area contributed by atoms with Crippen molar-refractivity contribution in [3.8, 4) is 0 Å². The Balaban J connectivity index is 1.75. The van der Waals surface area contributed by atoms with Crippen LogP contribution in [0.25, 0.3) is 0 Å². The van der Waals surface area contributed by atoms with Crippen LogP contribution in [0.5, 0.6) is 0 Å². The first-order valence-corrected chi connectivity index (χ1v) is 7.43. The van der Waals surface area contributed by atoms with Gasteiger partial charge < -0.3 is 19.4 Å². The van der Waals surface area contributed by atoms with Crippen LogP contribution in [0.15, 0.2) is 21.1 Å². The highest BCUT2D eigenvalue weighted by Crippen LogP contribution is 2.38. The molecule has 0 spiro atoms. The van der Waals surface area contributed by atoms with Crippen molar-refractivity contribution in [3.63, 3.8) is 0 Å². The molecule has 1 atom stereocenters. The number of nitrogens with one attached hydrogen (secondary N) is 1. The number of furan rings is 1. The van der Waals surface area contributed by atoms with Gasteiger partial charge in [-0.1, -0.05) is 19.0 Å². The second kappa shape index (κ2) is 5.86. The molecule has 0 aromatic carbocycles. The molecule has 2 aromatic heterocycles. The molecular weight excluding hydrogens is 302 g/mol. The van der Waals surface area contributed by atoms with Crippen molar-refractivity contribution in [1.29, 1.82) is 0 Å². The summed E-state index contributed by atoms with van der Waals surface area (Å²) in [7, 11) is 0. The van der Waals surface area contributed by atoms with Gasteiger partial charge in [-0.3, -0.25) is 4.79 Å². The van der Waals surface area contributed by atoms with E-state index in [9.17, 15) is 9.59 Å². The summed E-state index contributed by atoms with van der Waals surface area (Å²) in [4.78, 5) is 27.4. The molecular formula is C15H17N3O5. The van der Waals surface area contributed by atoms with Gasteiger partial charge in [-0.2, -0.15) is 4.98 Å². The topological polar surface area (TPSA) is 118 Å². The van der Waals surface area contributed by atoms with Gasteiger partial charge in [0, 0.05) is 5.92 Å². The zero-order valence-electron chi connectivity index (χ0n) is 12.8. The average Bonchev–Trinajstić information content (AvgIpc) is 3.04. The minimum atomic E-state index is -1.23. The molecule has 1 saturated carbocycles. The summed E-state index contributed by atoms with van der Waals surface area (Å²) in [5, 5.41) is 15.5. The first-order chi connectivity index (χ1) is 11.0. The Morgan fingerprint density at radius 3 is 2.57 bits per heavy atom. The third-order valence-corrected chi connectivity index (χ3v) is 3.66. The van der Waals surface area contributed by atoms with Crippen LogP contribution in [0.3, 0.4) is 0 Å². The Morgan fingerprint density at radius 1 is 1.30 bits per heavy atom. The van der Waals surface area contributed by atoms with Gasteiger partial charge in [0.05, 0.1) is 0 Å². The average molecular weight is 319 g/mol. The fraction of sp³-hybridized carbons (Fsp3) is 0.467. The summed E-state index contributed by atoms with van der Waals surface area (Å²) in [6.45, 7) is 3.83. The van der Waals surface area contributed by atoms with Gasteiger partial charge >= 0.3 is 5.97 Å². The number of rotatable bonds is 6. The Morgan fingerprint density at radius 2 is 2.00 bits per heavy atom. The third kappa shape index (κ3) is 3.25. The number of aromatic nitrogens is 2. The van der Waals surface area contributed by atoms with E-state index in [0.29, 0.717) is 17.6 Å². The highest BCUT2D eigenvalue weighted by molar-refractivity contribution is 5.93. The molecule has 2 aromatic rings. The van der Waals surface area contributed by atoms with Gasteiger partial charge in [0.1, 0.15) is 6.04 Å². The van der Waals surface area contributed by atoms with E-state index in [1.807, 2.05) is 13.8 Å². The lowest BCUT2D eigenvalue weighted by molar-refractivity contribution is 0.0659. The van der Waals surface area contributed by atoms with Crippen LogP contribution in [-0.2, 0) is 0 Å². The predicted octanol–water partition coefficient (Wildman–Crippen LogP) is 2.37. The monoisotopic (exact) mass is 319 g/mol. The summed E-state index contributed by atoms with van der Waals surface area (Å²) in [5.74, 6) is -0.719. The van der Waals surface area contributed by atoms with Crippen molar-refractivity contribution >= 4 is 11.9 Å². The van der Waals surface area contributed by atoms with E-state index >= 15 is 0 Å². The largest absolute Gasteiger partial charge is 0.475 e. The van der Waals surface area contributed by atoms with Gasteiger partial charge in [0.2, 0.25) is 11.7 Å². The van der Waals surface area contributed by atoms with E-state index in [1.165, 1.54) is 12.1 Å². The minimum absolute atomic E-state index is 0.0142. The fourth-order valence-corrected chi connectivity index (χ4v) is 2.18. The quantitative estimate of drug-likeness (QED) is 0.838. The van der Waals surface area contributed by atoms with Crippen LogP contribution >= 0.6 is 0 Å². The smallest absolute Gasteiger partial charge is 0.371 e. The molecule has 8 heteroatoms. The molecule has 0 bridgehead atoms. The lowest BCUT2D eigenvalue weighted by Gasteiger charge is -2.17. The molecule has 122 valence electrons. The SMILES string of the molecule is CC(C)C(NC(=O)c1ccc(C(=O)O)o1)c1nc(C2CC2)no1. The van der Waals surface area contributed by atoms with Crippen LogP contribution in [0, 0.1) is 5.92 Å². The van der Waals surface area contributed by atoms with Crippen molar-refractivity contribution in [2.45, 2.75) is 38.6 Å². The van der Waals surface area contributed by atoms with Crippen molar-refractivity contribution in [3.05, 3.63) is 35.4 Å². The van der Waals surface area contributed by atoms with Crippen molar-refractivity contribution in [1.82, 2.24) is 15.5 Å². The molecule has 0 radical (unpaired) electrons. The van der Waals surface area contributed by atoms with Crippen LogP contribution in [0.2, 0.25) is 0 Å². The first kappa shape index (κ1) is 15.3. The van der Waals surface area contributed by atoms with E-state index in [1.54, 1.807) is 0 Å². The van der Waals surface area contributed by atoms with Gasteiger partial charge in [0.15, 0.2) is 11.6 Å². The van der Waals surface area contributed by atoms with E-state index in [0.717, 1.165) is 12.8 Å². The molecule has 1 amide bonds. The summed E-state index contributed by atoms with van der Waals surface area (Å²) in [5.41, 5.74) is 0. The lowest BCUT2D eigenvalue weighted by atomic mass is 10.0. The maximum absolute atomic E-state index is 12.2. The number of carbonyl (C=O) groups excluding carboxylic acids is 1. The number of carbonyl (C=O) groups is 2. The lowest BCUT2D eigenvalue weighted by Crippen LogP contribution is -2.31. The molecule has 23 heavy (non-hydrogen) atoms. The number of carboxylic acid groups (broad SMARTS) is 1. The van der Waals surface area contributed by atoms with E-state index in [-0.39, 0.29) is 17.4 Å². The highest BCUT2D eigenvalue weighted by Gasteiger charge is 2.32. The second-order valence-electron chi connectivity index (χ2n) is 5.93. The summed E-state index contributed by atoms with van der Waals surface area (Å²) in [6, 6.07) is 2.08. The molecule has 8 nitrogen and oxygen atoms in total. The maximum atomic E-state index is 12.2. The van der Waals surface area contributed by atoms with Crippen LogP contribution in [0.4, 0.5) is 0 Å². The second-order valence-corrected chi connectivity index (χ2v) is 5.93. The van der Waals surface area contributed by atoms with Crippen molar-refractivity contribution in [2.24, 2.45) is 5.92 Å². The Labute approximate surface area is 131 Å². The molecule has 0 aliphatic heterocycles. The summed E-state index contributed by atoms with van der Waals surface area (Å²) < 4.78 is 10.3. The van der Waals surface area contributed by atoms with Crippen molar-refractivity contribution < 1.29 is 23.6 Å². The maximum Gasteiger partial charge on any atom is 0.371 e. The van der Waals surface area contributed by atoms with Crippen LogP contribution in [0.1, 0.15) is 71.5 Å². The molecule has 3 rings (SSSR count). The molecule has 2 heterocycles. The zero-order chi connectivity index (χ0) is 16.6. The van der Waals surface area contributed by atoms with E-state index in [2.05, 4.69) is 15.5 Å². The van der Waals surface area contributed by atoms with Crippen molar-refractivity contribution in [2.75, 3.05) is 0 Å². The number of hydrogen-bond donors (Lipinski definition) is 2. The molecule has 0 saturated heterocycles. The fourth-order valence-electron chi connectivity index (χ4n) is 2.18. The number of carboxylic acids is 1. The van der Waals surface area contributed by atoms with Gasteiger partial charge in [-0.05, 0) is 30.9 Å². The predicted molar refractivity (Wildman–Crippen MR) is 77.0 cm³/mol. The molecule has 1 fully saturated rings.